The second kappa shape index (κ2) is 6.11. The van der Waals surface area contributed by atoms with E-state index in [-0.39, 0.29) is 12.4 Å². The highest BCUT2D eigenvalue weighted by atomic mass is 35.5. The van der Waals surface area contributed by atoms with E-state index in [4.69, 9.17) is 10.5 Å². The van der Waals surface area contributed by atoms with Crippen LogP contribution in [0.2, 0.25) is 0 Å². The highest BCUT2D eigenvalue weighted by molar-refractivity contribution is 5.37. The molecule has 0 aliphatic carbocycles. The second-order valence-corrected chi connectivity index (χ2v) is 3.62. The molecule has 1 heterocycles. The predicted molar refractivity (Wildman–Crippen MR) is 63.1 cm³/mol. The molecular formula is C13H15ClN2O. The number of nitrogens with zero attached hydrogens (tertiary/aromatic N) is 1. The number of nitrogens with two attached hydrogens (primary N) is 1. The number of methoxy groups -OCH3 is 1. The lowest BCUT2D eigenvalue weighted by molar-refractivity contribution is -0.693. The van der Waals surface area contributed by atoms with Gasteiger partial charge >= 0.3 is 5.88 Å². The van der Waals surface area contributed by atoms with Crippen molar-refractivity contribution in [1.29, 1.82) is 0 Å². The van der Waals surface area contributed by atoms with Crippen molar-refractivity contribution in [3.63, 3.8) is 0 Å². The summed E-state index contributed by atoms with van der Waals surface area (Å²) in [6.07, 6.45) is 1.93. The molecule has 3 nitrogen and oxygen atoms in total. The second-order valence-electron chi connectivity index (χ2n) is 3.62. The summed E-state index contributed by atoms with van der Waals surface area (Å²) in [7, 11) is 1.65. The van der Waals surface area contributed by atoms with Crippen LogP contribution in [0.4, 0.5) is 5.69 Å². The van der Waals surface area contributed by atoms with E-state index in [1.165, 1.54) is 5.56 Å². The number of aromatic nitrogens is 1. The average Bonchev–Trinajstić information content (AvgIpc) is 2.33. The number of halogens is 1. The third-order valence-corrected chi connectivity index (χ3v) is 2.43. The van der Waals surface area contributed by atoms with Crippen LogP contribution in [0.3, 0.4) is 0 Å². The number of ether oxygens (including phenoxy) is 1. The smallest absolute Gasteiger partial charge is 0.369 e. The van der Waals surface area contributed by atoms with Gasteiger partial charge in [0.15, 0.2) is 12.7 Å². The van der Waals surface area contributed by atoms with Crippen molar-refractivity contribution in [1.82, 2.24) is 0 Å². The molecule has 0 fully saturated rings. The first-order valence-electron chi connectivity index (χ1n) is 5.16. The number of hydrogen-bond donors (Lipinski definition) is 1. The lowest BCUT2D eigenvalue weighted by atomic mass is 10.2. The van der Waals surface area contributed by atoms with Gasteiger partial charge < -0.3 is 22.9 Å². The molecule has 0 aliphatic rings. The normalized spacial score (nSPS) is 9.47. The summed E-state index contributed by atoms with van der Waals surface area (Å²) in [5.41, 5.74) is 7.64. The third-order valence-electron chi connectivity index (χ3n) is 2.43. The Labute approximate surface area is 107 Å². The predicted octanol–water partition coefficient (Wildman–Crippen LogP) is -1.38. The molecule has 1 aromatic carbocycles. The van der Waals surface area contributed by atoms with Crippen molar-refractivity contribution >= 4 is 5.69 Å². The lowest BCUT2D eigenvalue weighted by Crippen LogP contribution is -3.00. The first-order chi connectivity index (χ1) is 7.79. The fraction of sp³-hybridized carbons (Fsp3) is 0.154. The van der Waals surface area contributed by atoms with Crippen LogP contribution in [0.25, 0.3) is 0 Å². The molecular weight excluding hydrogens is 236 g/mol. The molecule has 17 heavy (non-hydrogen) atoms. The Hall–Kier alpha value is -1.74. The highest BCUT2D eigenvalue weighted by Crippen LogP contribution is 2.09. The Morgan fingerprint density at radius 2 is 1.88 bits per heavy atom. The Balaban J connectivity index is 0.00000144. The topological polar surface area (TPSA) is 39.1 Å². The highest BCUT2D eigenvalue weighted by Gasteiger charge is 2.11. The fourth-order valence-electron chi connectivity index (χ4n) is 1.61. The minimum absolute atomic E-state index is 0. The summed E-state index contributed by atoms with van der Waals surface area (Å²) in [5.74, 6) is 0.767. The number of nitrogen functional groups attached to an aromatic ring is 1. The maximum Gasteiger partial charge on any atom is 0.369 e. The van der Waals surface area contributed by atoms with E-state index >= 15 is 0 Å². The van der Waals surface area contributed by atoms with Crippen molar-refractivity contribution in [2.45, 2.75) is 6.54 Å². The van der Waals surface area contributed by atoms with Crippen molar-refractivity contribution < 1.29 is 21.7 Å². The number of hydrogen-bond acceptors (Lipinski definition) is 2. The molecule has 0 unspecified atom stereocenters. The van der Waals surface area contributed by atoms with Crippen LogP contribution in [0.5, 0.6) is 5.88 Å². The zero-order chi connectivity index (χ0) is 11.4. The summed E-state index contributed by atoms with van der Waals surface area (Å²) in [4.78, 5) is 0. The van der Waals surface area contributed by atoms with Gasteiger partial charge in [0.25, 0.3) is 0 Å². The van der Waals surface area contributed by atoms with Gasteiger partial charge in [0.2, 0.25) is 0 Å². The molecule has 4 heteroatoms. The zero-order valence-corrected chi connectivity index (χ0v) is 10.4. The lowest BCUT2D eigenvalue weighted by Gasteiger charge is -2.03. The summed E-state index contributed by atoms with van der Waals surface area (Å²) in [6.45, 7) is 0.782. The molecule has 0 amide bonds. The first-order valence-corrected chi connectivity index (χ1v) is 5.16. The molecule has 90 valence electrons. The molecule has 0 saturated heterocycles. The van der Waals surface area contributed by atoms with Gasteiger partial charge in [-0.1, -0.05) is 30.3 Å². The van der Waals surface area contributed by atoms with Gasteiger partial charge in [-0.3, -0.25) is 0 Å². The molecule has 0 atom stereocenters. The largest absolute Gasteiger partial charge is 1.00 e. The SMILES string of the molecule is COc1cc(N)cc[n+]1Cc1ccccc1.[Cl-]. The van der Waals surface area contributed by atoms with E-state index in [0.717, 1.165) is 12.4 Å². The molecule has 0 aliphatic heterocycles. The van der Waals surface area contributed by atoms with E-state index in [0.29, 0.717) is 5.69 Å². The van der Waals surface area contributed by atoms with E-state index in [1.54, 1.807) is 7.11 Å². The monoisotopic (exact) mass is 250 g/mol. The quantitative estimate of drug-likeness (QED) is 0.682. The first kappa shape index (κ1) is 13.3. The van der Waals surface area contributed by atoms with Gasteiger partial charge in [-0.15, -0.1) is 0 Å². The minimum Gasteiger partial charge on any atom is -1.00 e. The Kier molecular flexibility index (Phi) is 4.79. The molecule has 1 aromatic heterocycles. The van der Waals surface area contributed by atoms with Gasteiger partial charge in [-0.2, -0.15) is 4.57 Å². The molecule has 0 radical (unpaired) electrons. The summed E-state index contributed by atoms with van der Waals surface area (Å²) in [6, 6.07) is 13.9. The van der Waals surface area contributed by atoms with Crippen molar-refractivity contribution in [3.05, 3.63) is 54.2 Å². The van der Waals surface area contributed by atoms with E-state index in [2.05, 4.69) is 12.1 Å². The number of anilines is 1. The Morgan fingerprint density at radius 3 is 2.53 bits per heavy atom. The molecule has 0 spiro atoms. The van der Waals surface area contributed by atoms with Crippen molar-refractivity contribution in [2.24, 2.45) is 0 Å². The molecule has 2 rings (SSSR count). The standard InChI is InChI=1S/C13H14N2O.ClH/c1-16-13-9-12(14)7-8-15(13)10-11-5-3-2-4-6-11;/h2-9,14H,10H2,1H3;1H. The van der Waals surface area contributed by atoms with E-state index in [1.807, 2.05) is 41.1 Å². The summed E-state index contributed by atoms with van der Waals surface area (Å²) >= 11 is 0. The Morgan fingerprint density at radius 1 is 1.18 bits per heavy atom. The Bertz CT molecular complexity index is 474. The fourth-order valence-corrected chi connectivity index (χ4v) is 1.61. The van der Waals surface area contributed by atoms with Gasteiger partial charge in [0.1, 0.15) is 0 Å². The number of pyridine rings is 1. The maximum atomic E-state index is 5.70. The van der Waals surface area contributed by atoms with E-state index in [9.17, 15) is 0 Å². The van der Waals surface area contributed by atoms with Crippen LogP contribution in [0.15, 0.2) is 48.7 Å². The number of rotatable bonds is 3. The van der Waals surface area contributed by atoms with E-state index < -0.39 is 0 Å². The average molecular weight is 251 g/mol. The van der Waals surface area contributed by atoms with Crippen molar-refractivity contribution in [3.8, 4) is 5.88 Å². The van der Waals surface area contributed by atoms with Crippen LogP contribution in [0.1, 0.15) is 5.56 Å². The van der Waals surface area contributed by atoms with Crippen LogP contribution in [-0.4, -0.2) is 7.11 Å². The van der Waals surface area contributed by atoms with Crippen molar-refractivity contribution in [2.75, 3.05) is 12.8 Å². The van der Waals surface area contributed by atoms with Crippen LogP contribution >= 0.6 is 0 Å². The zero-order valence-electron chi connectivity index (χ0n) is 9.64. The molecule has 0 bridgehead atoms. The van der Waals surface area contributed by atoms with Gasteiger partial charge in [-0.25, -0.2) is 0 Å². The van der Waals surface area contributed by atoms with Gasteiger partial charge in [-0.05, 0) is 0 Å². The van der Waals surface area contributed by atoms with Crippen LogP contribution in [-0.2, 0) is 6.54 Å². The van der Waals surface area contributed by atoms with Gasteiger partial charge in [0.05, 0.1) is 13.2 Å². The molecule has 2 aromatic rings. The van der Waals surface area contributed by atoms with Crippen LogP contribution in [0, 0.1) is 0 Å². The number of benzene rings is 1. The molecule has 2 N–H and O–H groups in total. The van der Waals surface area contributed by atoms with Gasteiger partial charge in [0, 0.05) is 17.3 Å². The maximum absolute atomic E-state index is 5.70. The summed E-state index contributed by atoms with van der Waals surface area (Å²) < 4.78 is 7.30. The minimum atomic E-state index is 0. The third kappa shape index (κ3) is 3.36. The summed E-state index contributed by atoms with van der Waals surface area (Å²) in [5, 5.41) is 0. The van der Waals surface area contributed by atoms with Crippen LogP contribution < -0.4 is 27.4 Å². The molecule has 0 saturated carbocycles.